The standard InChI is InChI=1S/C20H28FN3O2/c1-15(2)6-11-23-13-20(8-4-18(23)25)7-3-10-24(14-20)19(26)16-5-9-22-12-17(16)21/h5,9,12,15H,3-4,6-8,10-11,13-14H2,1-2H3. The van der Waals surface area contributed by atoms with Crippen LogP contribution in [0.2, 0.25) is 0 Å². The molecule has 6 heteroatoms. The maximum atomic E-state index is 14.0. The van der Waals surface area contributed by atoms with E-state index in [0.29, 0.717) is 32.0 Å². The average molecular weight is 361 g/mol. The van der Waals surface area contributed by atoms with Crippen molar-refractivity contribution in [2.75, 3.05) is 26.2 Å². The van der Waals surface area contributed by atoms with Gasteiger partial charge < -0.3 is 9.80 Å². The Balaban J connectivity index is 1.71. The Kier molecular flexibility index (Phi) is 5.58. The van der Waals surface area contributed by atoms with E-state index < -0.39 is 5.82 Å². The first kappa shape index (κ1) is 18.8. The van der Waals surface area contributed by atoms with Crippen LogP contribution in [0.15, 0.2) is 18.5 Å². The molecule has 0 aliphatic carbocycles. The van der Waals surface area contributed by atoms with Gasteiger partial charge in [0, 0.05) is 44.2 Å². The first-order valence-corrected chi connectivity index (χ1v) is 9.57. The zero-order valence-corrected chi connectivity index (χ0v) is 15.7. The van der Waals surface area contributed by atoms with Crippen molar-refractivity contribution in [3.63, 3.8) is 0 Å². The number of rotatable bonds is 4. The SMILES string of the molecule is CC(C)CCN1CC2(CCCN(C(=O)c3ccncc3F)C2)CCC1=O. The van der Waals surface area contributed by atoms with Crippen LogP contribution in [-0.2, 0) is 4.79 Å². The molecular weight excluding hydrogens is 333 g/mol. The Morgan fingerprint density at radius 2 is 2.15 bits per heavy atom. The lowest BCUT2D eigenvalue weighted by Gasteiger charge is -2.48. The molecule has 0 aromatic carbocycles. The second-order valence-electron chi connectivity index (χ2n) is 8.18. The summed E-state index contributed by atoms with van der Waals surface area (Å²) in [5.74, 6) is -0.0659. The van der Waals surface area contributed by atoms with Crippen molar-refractivity contribution in [3.8, 4) is 0 Å². The van der Waals surface area contributed by atoms with Crippen molar-refractivity contribution >= 4 is 11.8 Å². The third-order valence-corrected chi connectivity index (χ3v) is 5.68. The first-order chi connectivity index (χ1) is 12.4. The molecule has 0 bridgehead atoms. The monoisotopic (exact) mass is 361 g/mol. The van der Waals surface area contributed by atoms with Crippen LogP contribution in [0.5, 0.6) is 0 Å². The molecule has 3 rings (SSSR count). The predicted octanol–water partition coefficient (Wildman–Crippen LogP) is 3.11. The third kappa shape index (κ3) is 4.05. The van der Waals surface area contributed by atoms with Crippen LogP contribution in [0.1, 0.15) is 56.3 Å². The van der Waals surface area contributed by atoms with E-state index in [0.717, 1.165) is 38.4 Å². The summed E-state index contributed by atoms with van der Waals surface area (Å²) >= 11 is 0. The fraction of sp³-hybridized carbons (Fsp3) is 0.650. The molecule has 1 aromatic rings. The molecular formula is C20H28FN3O2. The maximum absolute atomic E-state index is 14.0. The number of aromatic nitrogens is 1. The fourth-order valence-corrected chi connectivity index (χ4v) is 4.15. The Morgan fingerprint density at radius 1 is 1.35 bits per heavy atom. The summed E-state index contributed by atoms with van der Waals surface area (Å²) in [7, 11) is 0. The number of hydrogen-bond acceptors (Lipinski definition) is 3. The van der Waals surface area contributed by atoms with Gasteiger partial charge in [-0.25, -0.2) is 4.39 Å². The number of pyridine rings is 1. The summed E-state index contributed by atoms with van der Waals surface area (Å²) in [6.45, 7) is 7.05. The molecule has 5 nitrogen and oxygen atoms in total. The molecule has 1 spiro atoms. The molecule has 2 aliphatic rings. The highest BCUT2D eigenvalue weighted by atomic mass is 19.1. The minimum Gasteiger partial charge on any atom is -0.342 e. The summed E-state index contributed by atoms with van der Waals surface area (Å²) < 4.78 is 14.0. The van der Waals surface area contributed by atoms with Gasteiger partial charge in [-0.3, -0.25) is 14.6 Å². The molecule has 0 saturated carbocycles. The molecule has 0 N–H and O–H groups in total. The van der Waals surface area contributed by atoms with Gasteiger partial charge in [-0.05, 0) is 37.7 Å². The minimum absolute atomic E-state index is 0.0533. The van der Waals surface area contributed by atoms with E-state index in [4.69, 9.17) is 0 Å². The van der Waals surface area contributed by atoms with Crippen molar-refractivity contribution in [2.24, 2.45) is 11.3 Å². The quantitative estimate of drug-likeness (QED) is 0.828. The predicted molar refractivity (Wildman–Crippen MR) is 97.0 cm³/mol. The highest BCUT2D eigenvalue weighted by Gasteiger charge is 2.42. The van der Waals surface area contributed by atoms with Gasteiger partial charge in [0.05, 0.1) is 11.8 Å². The molecule has 2 saturated heterocycles. The molecule has 0 radical (unpaired) electrons. The number of nitrogens with zero attached hydrogens (tertiary/aromatic N) is 3. The van der Waals surface area contributed by atoms with Gasteiger partial charge >= 0.3 is 0 Å². The van der Waals surface area contributed by atoms with Crippen LogP contribution in [0, 0.1) is 17.2 Å². The van der Waals surface area contributed by atoms with Gasteiger partial charge in [-0.15, -0.1) is 0 Å². The lowest BCUT2D eigenvalue weighted by Crippen LogP contribution is -2.55. The number of halogens is 1. The van der Waals surface area contributed by atoms with Gasteiger partial charge in [0.2, 0.25) is 5.91 Å². The Labute approximate surface area is 154 Å². The topological polar surface area (TPSA) is 53.5 Å². The third-order valence-electron chi connectivity index (χ3n) is 5.68. The van der Waals surface area contributed by atoms with Gasteiger partial charge in [0.15, 0.2) is 5.82 Å². The summed E-state index contributed by atoms with van der Waals surface area (Å²) in [6, 6.07) is 1.44. The lowest BCUT2D eigenvalue weighted by molar-refractivity contribution is -0.139. The smallest absolute Gasteiger partial charge is 0.256 e. The first-order valence-electron chi connectivity index (χ1n) is 9.57. The molecule has 2 amide bonds. The van der Waals surface area contributed by atoms with Gasteiger partial charge in [-0.2, -0.15) is 0 Å². The number of carbonyl (C=O) groups excluding carboxylic acids is 2. The number of amides is 2. The summed E-state index contributed by atoms with van der Waals surface area (Å²) in [5.41, 5.74) is 0.0306. The molecule has 1 aromatic heterocycles. The van der Waals surface area contributed by atoms with E-state index in [1.807, 2.05) is 4.90 Å². The van der Waals surface area contributed by atoms with E-state index in [2.05, 4.69) is 18.8 Å². The summed E-state index contributed by atoms with van der Waals surface area (Å²) in [5, 5.41) is 0. The number of hydrogen-bond donors (Lipinski definition) is 0. The molecule has 1 unspecified atom stereocenters. The summed E-state index contributed by atoms with van der Waals surface area (Å²) in [4.78, 5) is 32.5. The van der Waals surface area contributed by atoms with Crippen LogP contribution in [0.4, 0.5) is 4.39 Å². The zero-order chi connectivity index (χ0) is 18.7. The molecule has 2 aliphatic heterocycles. The average Bonchev–Trinajstić information content (AvgIpc) is 2.63. The number of piperidine rings is 2. The molecule has 1 atom stereocenters. The van der Waals surface area contributed by atoms with Crippen LogP contribution in [-0.4, -0.2) is 52.8 Å². The second kappa shape index (κ2) is 7.72. The van der Waals surface area contributed by atoms with Crippen molar-refractivity contribution < 1.29 is 14.0 Å². The molecule has 142 valence electrons. The van der Waals surface area contributed by atoms with Gasteiger partial charge in [0.25, 0.3) is 5.91 Å². The van der Waals surface area contributed by atoms with Crippen molar-refractivity contribution in [1.82, 2.24) is 14.8 Å². The van der Waals surface area contributed by atoms with Crippen LogP contribution >= 0.6 is 0 Å². The maximum Gasteiger partial charge on any atom is 0.256 e. The van der Waals surface area contributed by atoms with Crippen molar-refractivity contribution in [3.05, 3.63) is 29.8 Å². The van der Waals surface area contributed by atoms with Gasteiger partial charge in [0.1, 0.15) is 0 Å². The van der Waals surface area contributed by atoms with E-state index in [1.54, 1.807) is 4.90 Å². The van der Waals surface area contributed by atoms with E-state index >= 15 is 0 Å². The zero-order valence-electron chi connectivity index (χ0n) is 15.7. The van der Waals surface area contributed by atoms with Crippen LogP contribution in [0.25, 0.3) is 0 Å². The van der Waals surface area contributed by atoms with E-state index in [1.165, 1.54) is 12.3 Å². The minimum atomic E-state index is -0.575. The largest absolute Gasteiger partial charge is 0.342 e. The van der Waals surface area contributed by atoms with Crippen molar-refractivity contribution in [2.45, 2.75) is 46.0 Å². The molecule has 26 heavy (non-hydrogen) atoms. The second-order valence-corrected chi connectivity index (χ2v) is 8.18. The van der Waals surface area contributed by atoms with E-state index in [9.17, 15) is 14.0 Å². The Morgan fingerprint density at radius 3 is 2.88 bits per heavy atom. The lowest BCUT2D eigenvalue weighted by atomic mass is 9.73. The molecule has 2 fully saturated rings. The normalized spacial score (nSPS) is 23.8. The highest BCUT2D eigenvalue weighted by Crippen LogP contribution is 2.39. The molecule has 3 heterocycles. The van der Waals surface area contributed by atoms with Crippen molar-refractivity contribution in [1.29, 1.82) is 0 Å². The highest BCUT2D eigenvalue weighted by molar-refractivity contribution is 5.94. The number of likely N-dealkylation sites (tertiary alicyclic amines) is 2. The number of carbonyl (C=O) groups is 2. The van der Waals surface area contributed by atoms with Crippen LogP contribution < -0.4 is 0 Å². The summed E-state index contributed by atoms with van der Waals surface area (Å²) in [6.07, 6.45) is 6.79. The van der Waals surface area contributed by atoms with Gasteiger partial charge in [-0.1, -0.05) is 13.8 Å². The Hall–Kier alpha value is -1.98. The Bertz CT molecular complexity index is 679. The van der Waals surface area contributed by atoms with E-state index in [-0.39, 0.29) is 22.8 Å². The van der Waals surface area contributed by atoms with Crippen LogP contribution in [0.3, 0.4) is 0 Å². The fourth-order valence-electron chi connectivity index (χ4n) is 4.15.